The Kier molecular flexibility index (Phi) is 5.29. The van der Waals surface area contributed by atoms with Crippen LogP contribution in [0.4, 0.5) is 0 Å². The van der Waals surface area contributed by atoms with Crippen LogP contribution in [0.3, 0.4) is 0 Å². The molecule has 2 bridgehead atoms. The molecule has 0 saturated carbocycles. The molecule has 1 aliphatic heterocycles. The van der Waals surface area contributed by atoms with Gasteiger partial charge in [-0.15, -0.1) is 0 Å². The Morgan fingerprint density at radius 1 is 1.29 bits per heavy atom. The predicted octanol–water partition coefficient (Wildman–Crippen LogP) is 2.90. The summed E-state index contributed by atoms with van der Waals surface area (Å²) in [7, 11) is 0. The minimum absolute atomic E-state index is 0.0423. The molecule has 3 rings (SSSR count). The zero-order chi connectivity index (χ0) is 15.1. The molecule has 5 nitrogen and oxygen atoms in total. The van der Waals surface area contributed by atoms with Gasteiger partial charge in [-0.1, -0.05) is 24.3 Å². The zero-order valence-electron chi connectivity index (χ0n) is 11.8. The molecule has 0 unspecified atom stereocenters. The first-order valence-corrected chi connectivity index (χ1v) is 6.67. The molecule has 1 N–H and O–H groups in total. The predicted molar refractivity (Wildman–Crippen MR) is 77.3 cm³/mol. The third kappa shape index (κ3) is 4.29. The number of fused-ring (bicyclic) bond motifs is 2. The van der Waals surface area contributed by atoms with Crippen molar-refractivity contribution in [1.29, 1.82) is 0 Å². The fraction of sp³-hybridized carbons (Fsp3) is 0.250. The van der Waals surface area contributed by atoms with Gasteiger partial charge < -0.3 is 14.6 Å². The van der Waals surface area contributed by atoms with E-state index in [1.165, 1.54) is 17.3 Å². The van der Waals surface area contributed by atoms with E-state index in [2.05, 4.69) is 29.2 Å². The summed E-state index contributed by atoms with van der Waals surface area (Å²) in [5.41, 5.74) is 2.54. The molecule has 1 aromatic carbocycles. The van der Waals surface area contributed by atoms with Gasteiger partial charge in [-0.05, 0) is 30.2 Å². The number of carboxylic acid groups (broad SMARTS) is 1. The van der Waals surface area contributed by atoms with E-state index in [0.717, 1.165) is 13.2 Å². The van der Waals surface area contributed by atoms with Crippen molar-refractivity contribution in [2.45, 2.75) is 20.1 Å². The van der Waals surface area contributed by atoms with Crippen LogP contribution in [0.2, 0.25) is 0 Å². The Morgan fingerprint density at radius 2 is 2.00 bits per heavy atom. The van der Waals surface area contributed by atoms with Crippen LogP contribution in [-0.2, 0) is 18.0 Å². The van der Waals surface area contributed by atoms with Crippen molar-refractivity contribution in [3.63, 3.8) is 0 Å². The second kappa shape index (κ2) is 7.40. The zero-order valence-corrected chi connectivity index (χ0v) is 11.8. The number of pyridine rings is 1. The first-order chi connectivity index (χ1) is 10.2. The van der Waals surface area contributed by atoms with Crippen molar-refractivity contribution in [2.75, 3.05) is 6.61 Å². The van der Waals surface area contributed by atoms with Gasteiger partial charge in [0.25, 0.3) is 0 Å². The van der Waals surface area contributed by atoms with Gasteiger partial charge in [-0.3, -0.25) is 0 Å². The van der Waals surface area contributed by atoms with Gasteiger partial charge in [-0.2, -0.15) is 0 Å². The van der Waals surface area contributed by atoms with Crippen LogP contribution < -0.4 is 4.74 Å². The summed E-state index contributed by atoms with van der Waals surface area (Å²) in [5, 5.41) is 8.65. The number of hydrogen-bond donors (Lipinski definition) is 1. The van der Waals surface area contributed by atoms with Gasteiger partial charge in [0, 0.05) is 6.20 Å². The number of hydrogen-bond acceptors (Lipinski definition) is 4. The normalized spacial score (nSPS) is 12.0. The number of nitrogens with zero attached hydrogens (tertiary/aromatic N) is 1. The summed E-state index contributed by atoms with van der Waals surface area (Å²) in [4.78, 5) is 14.2. The SMILES string of the molecule is CCOc1cccnc1C(=O)O.c1cc2cc(c1)COC2. The Hall–Kier alpha value is -2.40. The largest absolute Gasteiger partial charge is 0.491 e. The van der Waals surface area contributed by atoms with E-state index in [1.54, 1.807) is 19.1 Å². The molecule has 0 atom stereocenters. The van der Waals surface area contributed by atoms with Crippen LogP contribution in [0.1, 0.15) is 28.5 Å². The van der Waals surface area contributed by atoms with E-state index in [0.29, 0.717) is 12.4 Å². The molecule has 21 heavy (non-hydrogen) atoms. The summed E-state index contributed by atoms with van der Waals surface area (Å²) in [6.45, 7) is 3.80. The van der Waals surface area contributed by atoms with Gasteiger partial charge in [0.15, 0.2) is 11.4 Å². The van der Waals surface area contributed by atoms with E-state index < -0.39 is 5.97 Å². The number of ether oxygens (including phenoxy) is 2. The van der Waals surface area contributed by atoms with E-state index in [1.807, 2.05) is 0 Å². The maximum absolute atomic E-state index is 10.6. The van der Waals surface area contributed by atoms with E-state index in [4.69, 9.17) is 14.6 Å². The van der Waals surface area contributed by atoms with Crippen LogP contribution in [0.25, 0.3) is 0 Å². The lowest BCUT2D eigenvalue weighted by atomic mass is 10.1. The first-order valence-electron chi connectivity index (χ1n) is 6.67. The lowest BCUT2D eigenvalue weighted by Gasteiger charge is -2.11. The second-order valence-corrected chi connectivity index (χ2v) is 4.40. The van der Waals surface area contributed by atoms with Gasteiger partial charge in [0.05, 0.1) is 19.8 Å². The highest BCUT2D eigenvalue weighted by molar-refractivity contribution is 5.88. The number of carbonyl (C=O) groups is 1. The van der Waals surface area contributed by atoms with Crippen LogP contribution in [-0.4, -0.2) is 22.7 Å². The Balaban J connectivity index is 0.000000159. The average Bonchev–Trinajstić information content (AvgIpc) is 2.49. The second-order valence-electron chi connectivity index (χ2n) is 4.40. The fourth-order valence-electron chi connectivity index (χ4n) is 1.92. The first kappa shape index (κ1) is 15.0. The highest BCUT2D eigenvalue weighted by Gasteiger charge is 2.10. The molecule has 1 aromatic heterocycles. The molecule has 0 aliphatic carbocycles. The minimum Gasteiger partial charge on any atom is -0.491 e. The molecule has 0 amide bonds. The van der Waals surface area contributed by atoms with Crippen molar-refractivity contribution in [1.82, 2.24) is 4.98 Å². The van der Waals surface area contributed by atoms with E-state index in [-0.39, 0.29) is 5.69 Å². The summed E-state index contributed by atoms with van der Waals surface area (Å²) in [6, 6.07) is 11.7. The van der Waals surface area contributed by atoms with Crippen molar-refractivity contribution < 1.29 is 19.4 Å². The van der Waals surface area contributed by atoms with Crippen LogP contribution in [0.15, 0.2) is 42.6 Å². The number of benzene rings is 1. The van der Waals surface area contributed by atoms with Crippen LogP contribution in [0.5, 0.6) is 5.75 Å². The van der Waals surface area contributed by atoms with Crippen LogP contribution in [0, 0.1) is 0 Å². The van der Waals surface area contributed by atoms with Crippen molar-refractivity contribution in [2.24, 2.45) is 0 Å². The lowest BCUT2D eigenvalue weighted by molar-refractivity contribution is 0.0685. The molecule has 0 spiro atoms. The lowest BCUT2D eigenvalue weighted by Crippen LogP contribution is -2.04. The maximum atomic E-state index is 10.6. The summed E-state index contributed by atoms with van der Waals surface area (Å²) >= 11 is 0. The highest BCUT2D eigenvalue weighted by atomic mass is 16.5. The van der Waals surface area contributed by atoms with Crippen molar-refractivity contribution in [3.8, 4) is 5.75 Å². The average molecular weight is 287 g/mol. The fourth-order valence-corrected chi connectivity index (χ4v) is 1.92. The highest BCUT2D eigenvalue weighted by Crippen LogP contribution is 2.14. The molecule has 5 heteroatoms. The molecule has 2 aromatic rings. The molecular formula is C16H17NO4. The molecular weight excluding hydrogens is 270 g/mol. The Morgan fingerprint density at radius 3 is 2.57 bits per heavy atom. The number of rotatable bonds is 3. The third-order valence-electron chi connectivity index (χ3n) is 2.80. The standard InChI is InChI=1S/C8H9NO3.C8H8O/c1-2-12-6-4-3-5-9-7(6)8(10)11;1-2-7-4-8(3-1)6-9-5-7/h3-5H,2H2,1H3,(H,10,11);1-4H,5-6H2. The molecule has 0 fully saturated rings. The third-order valence-corrected chi connectivity index (χ3v) is 2.80. The molecule has 110 valence electrons. The molecule has 0 saturated heterocycles. The van der Waals surface area contributed by atoms with Crippen molar-refractivity contribution in [3.05, 3.63) is 59.4 Å². The molecule has 2 heterocycles. The van der Waals surface area contributed by atoms with E-state index >= 15 is 0 Å². The minimum atomic E-state index is -1.07. The van der Waals surface area contributed by atoms with Gasteiger partial charge in [0.1, 0.15) is 0 Å². The summed E-state index contributed by atoms with van der Waals surface area (Å²) in [6.07, 6.45) is 1.42. The molecule has 0 radical (unpaired) electrons. The monoisotopic (exact) mass is 287 g/mol. The topological polar surface area (TPSA) is 68.7 Å². The van der Waals surface area contributed by atoms with Crippen molar-refractivity contribution >= 4 is 5.97 Å². The smallest absolute Gasteiger partial charge is 0.358 e. The quantitative estimate of drug-likeness (QED) is 0.940. The van der Waals surface area contributed by atoms with Crippen LogP contribution >= 0.6 is 0 Å². The molecule has 1 aliphatic rings. The number of aromatic nitrogens is 1. The number of carboxylic acids is 1. The summed E-state index contributed by atoms with van der Waals surface area (Å²) in [5.74, 6) is -0.758. The van der Waals surface area contributed by atoms with Gasteiger partial charge >= 0.3 is 5.97 Å². The van der Waals surface area contributed by atoms with Gasteiger partial charge in [-0.25, -0.2) is 9.78 Å². The van der Waals surface area contributed by atoms with E-state index in [9.17, 15) is 4.79 Å². The number of aromatic carboxylic acids is 1. The Labute approximate surface area is 123 Å². The maximum Gasteiger partial charge on any atom is 0.358 e. The summed E-state index contributed by atoms with van der Waals surface area (Å²) < 4.78 is 10.3. The Bertz CT molecular complexity index is 593. The van der Waals surface area contributed by atoms with Gasteiger partial charge in [0.2, 0.25) is 0 Å².